The molecule has 0 fully saturated rings. The van der Waals surface area contributed by atoms with Gasteiger partial charge in [-0.25, -0.2) is 8.42 Å². The molecule has 0 bridgehead atoms. The van der Waals surface area contributed by atoms with Crippen molar-refractivity contribution in [3.05, 3.63) is 106 Å². The number of ether oxygens (including phenoxy) is 1. The van der Waals surface area contributed by atoms with E-state index in [2.05, 4.69) is 4.98 Å². The Balaban J connectivity index is 1.78. The van der Waals surface area contributed by atoms with Crippen LogP contribution >= 0.6 is 0 Å². The van der Waals surface area contributed by atoms with Crippen LogP contribution in [-0.4, -0.2) is 24.3 Å². The number of nitrogens with zero attached hydrogens (tertiary/aromatic N) is 1. The summed E-state index contributed by atoms with van der Waals surface area (Å²) in [6.45, 7) is 1.79. The van der Waals surface area contributed by atoms with Gasteiger partial charge in [0.05, 0.1) is 17.1 Å². The van der Waals surface area contributed by atoms with Crippen molar-refractivity contribution in [1.29, 1.82) is 0 Å². The van der Waals surface area contributed by atoms with Crippen LogP contribution < -0.4 is 10.3 Å². The number of benzene rings is 3. The highest BCUT2D eigenvalue weighted by atomic mass is 32.2. The van der Waals surface area contributed by atoms with Gasteiger partial charge in [-0.3, -0.25) is 4.79 Å². The number of hydrogen-bond donors (Lipinski definition) is 1. The van der Waals surface area contributed by atoms with Crippen molar-refractivity contribution in [1.82, 2.24) is 9.29 Å². The molecule has 1 N–H and O–H groups in total. The van der Waals surface area contributed by atoms with E-state index < -0.39 is 32.2 Å². The van der Waals surface area contributed by atoms with Gasteiger partial charge in [0.15, 0.2) is 0 Å². The number of aromatic amines is 1. The number of fused-ring (bicyclic) bond motifs is 1. The van der Waals surface area contributed by atoms with Crippen LogP contribution in [-0.2, 0) is 29.3 Å². The summed E-state index contributed by atoms with van der Waals surface area (Å²) in [4.78, 5) is 15.0. The quantitative estimate of drug-likeness (QED) is 0.343. The first-order chi connectivity index (χ1) is 17.1. The Bertz CT molecular complexity index is 1530. The van der Waals surface area contributed by atoms with Gasteiger partial charge in [0.2, 0.25) is 10.0 Å². The third-order valence-electron chi connectivity index (χ3n) is 5.55. The van der Waals surface area contributed by atoms with E-state index in [1.165, 1.54) is 0 Å². The zero-order valence-corrected chi connectivity index (χ0v) is 20.1. The van der Waals surface area contributed by atoms with Gasteiger partial charge in [-0.15, -0.1) is 0 Å². The zero-order valence-electron chi connectivity index (χ0n) is 19.2. The number of aromatic nitrogens is 1. The predicted octanol–water partition coefficient (Wildman–Crippen LogP) is 5.34. The molecule has 0 unspecified atom stereocenters. The van der Waals surface area contributed by atoms with Gasteiger partial charge in [-0.05, 0) is 55.0 Å². The molecule has 0 saturated carbocycles. The molecule has 1 heterocycles. The van der Waals surface area contributed by atoms with Crippen molar-refractivity contribution in [2.75, 3.05) is 6.61 Å². The van der Waals surface area contributed by atoms with Crippen molar-refractivity contribution in [2.24, 2.45) is 0 Å². The number of pyridine rings is 1. The Morgan fingerprint density at radius 1 is 0.917 bits per heavy atom. The molecule has 0 aliphatic rings. The third-order valence-corrected chi connectivity index (χ3v) is 7.34. The molecule has 0 aliphatic heterocycles. The first kappa shape index (κ1) is 25.5. The number of halogens is 3. The average Bonchev–Trinajstić information content (AvgIpc) is 2.84. The molecule has 3 aromatic carbocycles. The molecule has 4 aromatic rings. The number of sulfonamides is 1. The summed E-state index contributed by atoms with van der Waals surface area (Å²) in [6, 6.07) is 18.9. The second-order valence-corrected chi connectivity index (χ2v) is 10.0. The molecule has 0 aliphatic carbocycles. The molecule has 1 aromatic heterocycles. The van der Waals surface area contributed by atoms with Crippen molar-refractivity contribution in [3.63, 3.8) is 0 Å². The summed E-state index contributed by atoms with van der Waals surface area (Å²) in [7, 11) is -4.41. The summed E-state index contributed by atoms with van der Waals surface area (Å²) < 4.78 is 73.5. The summed E-state index contributed by atoms with van der Waals surface area (Å²) in [6.07, 6.45) is -4.70. The summed E-state index contributed by atoms with van der Waals surface area (Å²) in [5.74, 6) is 0.584. The number of alkyl halides is 3. The van der Waals surface area contributed by atoms with Gasteiger partial charge in [-0.2, -0.15) is 17.5 Å². The van der Waals surface area contributed by atoms with Crippen molar-refractivity contribution in [2.45, 2.75) is 31.1 Å². The summed E-state index contributed by atoms with van der Waals surface area (Å²) in [5, 5.41) is 0.631. The van der Waals surface area contributed by atoms with E-state index in [-0.39, 0.29) is 18.7 Å². The van der Waals surface area contributed by atoms with Gasteiger partial charge < -0.3 is 9.72 Å². The average molecular weight is 517 g/mol. The first-order valence-electron chi connectivity index (χ1n) is 11.1. The molecule has 0 radical (unpaired) electrons. The second kappa shape index (κ2) is 10.2. The van der Waals surface area contributed by atoms with Crippen LogP contribution in [0.3, 0.4) is 0 Å². The van der Waals surface area contributed by atoms with E-state index >= 15 is 0 Å². The Hall–Kier alpha value is -3.63. The van der Waals surface area contributed by atoms with Crippen molar-refractivity contribution < 1.29 is 26.3 Å². The molecule has 36 heavy (non-hydrogen) atoms. The van der Waals surface area contributed by atoms with E-state index in [0.717, 1.165) is 22.5 Å². The Morgan fingerprint density at radius 2 is 1.67 bits per heavy atom. The zero-order chi connectivity index (χ0) is 25.9. The van der Waals surface area contributed by atoms with Crippen LogP contribution in [0.5, 0.6) is 5.75 Å². The molecular weight excluding hydrogens is 493 g/mol. The van der Waals surface area contributed by atoms with Crippen molar-refractivity contribution in [3.8, 4) is 5.75 Å². The second-order valence-electron chi connectivity index (χ2n) is 8.09. The number of nitrogens with one attached hydrogen (secondary N) is 1. The molecule has 0 saturated heterocycles. The monoisotopic (exact) mass is 516 g/mol. The van der Waals surface area contributed by atoms with Crippen LogP contribution in [0.15, 0.2) is 88.6 Å². The molecule has 0 amide bonds. The molecule has 4 rings (SSSR count). The molecule has 188 valence electrons. The minimum Gasteiger partial charge on any atom is -0.494 e. The lowest BCUT2D eigenvalue weighted by atomic mass is 10.1. The Morgan fingerprint density at radius 3 is 2.36 bits per heavy atom. The van der Waals surface area contributed by atoms with Crippen LogP contribution in [0.4, 0.5) is 13.2 Å². The van der Waals surface area contributed by atoms with Crippen LogP contribution in [0.2, 0.25) is 0 Å². The summed E-state index contributed by atoms with van der Waals surface area (Å²) >= 11 is 0. The van der Waals surface area contributed by atoms with Crippen LogP contribution in [0.1, 0.15) is 23.6 Å². The SMILES string of the molecule is CCOc1ccc2[nH]c(=O)c(CN(Cc3ccccc3)S(=O)(=O)c3cccc(C(F)(F)F)c3)cc2c1. The molecule has 0 atom stereocenters. The minimum atomic E-state index is -4.70. The summed E-state index contributed by atoms with van der Waals surface area (Å²) in [5.41, 5.74) is -0.270. The fourth-order valence-electron chi connectivity index (χ4n) is 3.79. The molecular formula is C26H23F3N2O4S. The molecule has 6 nitrogen and oxygen atoms in total. The number of rotatable bonds is 8. The lowest BCUT2D eigenvalue weighted by Crippen LogP contribution is -2.32. The fraction of sp³-hybridized carbons (Fsp3) is 0.192. The highest BCUT2D eigenvalue weighted by molar-refractivity contribution is 7.89. The largest absolute Gasteiger partial charge is 0.494 e. The first-order valence-corrected chi connectivity index (χ1v) is 12.5. The highest BCUT2D eigenvalue weighted by Gasteiger charge is 2.33. The minimum absolute atomic E-state index is 0.141. The van der Waals surface area contributed by atoms with Crippen molar-refractivity contribution >= 4 is 20.9 Å². The predicted molar refractivity (Wildman–Crippen MR) is 130 cm³/mol. The Kier molecular flexibility index (Phi) is 7.18. The van der Waals surface area contributed by atoms with Crippen LogP contribution in [0.25, 0.3) is 10.9 Å². The van der Waals surface area contributed by atoms with E-state index in [4.69, 9.17) is 4.74 Å². The van der Waals surface area contributed by atoms with Crippen LogP contribution in [0, 0.1) is 0 Å². The van der Waals surface area contributed by atoms with Gasteiger partial charge in [0.25, 0.3) is 5.56 Å². The lowest BCUT2D eigenvalue weighted by molar-refractivity contribution is -0.137. The van der Waals surface area contributed by atoms with E-state index in [1.807, 2.05) is 6.92 Å². The lowest BCUT2D eigenvalue weighted by Gasteiger charge is -2.23. The third kappa shape index (κ3) is 5.60. The maximum absolute atomic E-state index is 13.6. The fourth-order valence-corrected chi connectivity index (χ4v) is 5.24. The van der Waals surface area contributed by atoms with Gasteiger partial charge in [0, 0.05) is 29.6 Å². The maximum atomic E-state index is 13.6. The van der Waals surface area contributed by atoms with Gasteiger partial charge in [-0.1, -0.05) is 36.4 Å². The Labute approximate surface area is 206 Å². The maximum Gasteiger partial charge on any atom is 0.416 e. The molecule has 0 spiro atoms. The number of hydrogen-bond acceptors (Lipinski definition) is 4. The highest BCUT2D eigenvalue weighted by Crippen LogP contribution is 2.32. The number of H-pyrrole nitrogens is 1. The van der Waals surface area contributed by atoms with E-state index in [1.54, 1.807) is 54.6 Å². The van der Waals surface area contributed by atoms with E-state index in [9.17, 15) is 26.4 Å². The normalized spacial score (nSPS) is 12.2. The van der Waals surface area contributed by atoms with Gasteiger partial charge >= 0.3 is 6.18 Å². The van der Waals surface area contributed by atoms with E-state index in [0.29, 0.717) is 34.9 Å². The smallest absolute Gasteiger partial charge is 0.416 e. The standard InChI is InChI=1S/C26H23F3N2O4S/c1-2-35-22-11-12-24-19(14-22)13-20(25(32)30-24)17-31(16-18-7-4-3-5-8-18)36(33,34)23-10-6-9-21(15-23)26(27,28)29/h3-15H,2,16-17H2,1H3,(H,30,32). The topological polar surface area (TPSA) is 79.5 Å². The molecule has 10 heteroatoms. The van der Waals surface area contributed by atoms with Gasteiger partial charge in [0.1, 0.15) is 5.75 Å².